The quantitative estimate of drug-likeness (QED) is 0.292. The van der Waals surface area contributed by atoms with Crippen LogP contribution in [0.4, 0.5) is 0 Å². The molecule has 3 rings (SSSR count). The van der Waals surface area contributed by atoms with E-state index < -0.39 is 19.6 Å². The summed E-state index contributed by atoms with van der Waals surface area (Å²) in [6.07, 6.45) is 5.85. The summed E-state index contributed by atoms with van der Waals surface area (Å²) in [6, 6.07) is 17.6. The fraction of sp³-hybridized carbons (Fsp3) is 0.364. The summed E-state index contributed by atoms with van der Waals surface area (Å²) in [5, 5.41) is 22.4. The minimum Gasteiger partial charge on any atom is -0.459 e. The van der Waals surface area contributed by atoms with E-state index in [9.17, 15) is 9.59 Å². The van der Waals surface area contributed by atoms with Gasteiger partial charge in [0.1, 0.15) is 12.9 Å². The highest BCUT2D eigenvalue weighted by Gasteiger charge is 2.18. The Balaban J connectivity index is 0.000000271. The molecule has 0 heterocycles. The second-order valence-electron chi connectivity index (χ2n) is 6.16. The van der Waals surface area contributed by atoms with Crippen molar-refractivity contribution in [2.75, 3.05) is 13.6 Å². The first-order valence-corrected chi connectivity index (χ1v) is 9.59. The minimum absolute atomic E-state index is 0.145. The molecule has 8 nitrogen and oxygen atoms in total. The molecule has 0 spiro atoms. The number of ether oxygens (including phenoxy) is 1. The van der Waals surface area contributed by atoms with Crippen molar-refractivity contribution in [3.05, 3.63) is 71.8 Å². The number of carbonyl (C=O) groups excluding carboxylic acids is 2. The van der Waals surface area contributed by atoms with Crippen molar-refractivity contribution in [1.82, 2.24) is 0 Å². The van der Waals surface area contributed by atoms with Gasteiger partial charge < -0.3 is 20.1 Å². The van der Waals surface area contributed by atoms with Gasteiger partial charge in [-0.1, -0.05) is 42.8 Å². The van der Waals surface area contributed by atoms with Crippen LogP contribution in [0, 0.1) is 0 Å². The summed E-state index contributed by atoms with van der Waals surface area (Å²) in [6.45, 7) is -1.39. The first-order valence-electron chi connectivity index (χ1n) is 9.59. The normalized spacial score (nSPS) is 13.0. The third kappa shape index (κ3) is 10.7. The lowest BCUT2D eigenvalue weighted by atomic mass is 9.98. The highest BCUT2D eigenvalue weighted by atomic mass is 17.2. The fourth-order valence-electron chi connectivity index (χ4n) is 2.68. The Kier molecular flexibility index (Phi) is 13.5. The van der Waals surface area contributed by atoms with Crippen LogP contribution in [0.3, 0.4) is 0 Å². The van der Waals surface area contributed by atoms with Crippen molar-refractivity contribution in [3.63, 3.8) is 0 Å². The summed E-state index contributed by atoms with van der Waals surface area (Å²) >= 11 is 0. The van der Waals surface area contributed by atoms with E-state index in [-0.39, 0.29) is 12.1 Å². The monoisotopic (exact) mass is 420 g/mol. The minimum atomic E-state index is -0.750. The Morgan fingerprint density at radius 3 is 1.70 bits per heavy atom. The van der Waals surface area contributed by atoms with Crippen molar-refractivity contribution in [1.29, 1.82) is 0 Å². The molecule has 2 aromatic carbocycles. The van der Waals surface area contributed by atoms with Crippen molar-refractivity contribution in [3.8, 4) is 0 Å². The second kappa shape index (κ2) is 16.1. The van der Waals surface area contributed by atoms with Crippen LogP contribution in [-0.2, 0) is 14.5 Å². The average molecular weight is 420 g/mol. The number of hydrogen-bond acceptors (Lipinski definition) is 8. The van der Waals surface area contributed by atoms with Crippen molar-refractivity contribution in [2.45, 2.75) is 38.2 Å². The Labute approximate surface area is 175 Å². The molecule has 30 heavy (non-hydrogen) atoms. The predicted molar refractivity (Wildman–Crippen MR) is 108 cm³/mol. The summed E-state index contributed by atoms with van der Waals surface area (Å²) in [4.78, 5) is 30.9. The topological polar surface area (TPSA) is 123 Å². The maximum Gasteiger partial charge on any atom is 0.373 e. The lowest BCUT2D eigenvalue weighted by Crippen LogP contribution is -2.20. The molecule has 0 bridgehead atoms. The maximum absolute atomic E-state index is 11.7. The third-order valence-corrected chi connectivity index (χ3v) is 4.03. The molecule has 1 saturated carbocycles. The van der Waals surface area contributed by atoms with Crippen LogP contribution in [-0.4, -0.2) is 46.9 Å². The van der Waals surface area contributed by atoms with Gasteiger partial charge in [0.2, 0.25) is 0 Å². The summed E-state index contributed by atoms with van der Waals surface area (Å²) in [5.41, 5.74) is 1.04. The highest BCUT2D eigenvalue weighted by Crippen LogP contribution is 2.21. The molecule has 0 saturated heterocycles. The van der Waals surface area contributed by atoms with Gasteiger partial charge >= 0.3 is 11.9 Å². The van der Waals surface area contributed by atoms with Gasteiger partial charge in [0.15, 0.2) is 6.79 Å². The number of aliphatic hydroxyl groups excluding tert-OH is 2. The molecule has 1 aliphatic carbocycles. The van der Waals surface area contributed by atoms with Crippen LogP contribution in [0.15, 0.2) is 60.7 Å². The van der Waals surface area contributed by atoms with Gasteiger partial charge in [-0.15, -0.1) is 0 Å². The number of esters is 1. The van der Waals surface area contributed by atoms with Crippen molar-refractivity contribution in [2.24, 2.45) is 0 Å². The van der Waals surface area contributed by atoms with Gasteiger partial charge in [-0.05, 0) is 49.9 Å². The molecule has 0 aromatic heterocycles. The van der Waals surface area contributed by atoms with Crippen LogP contribution in [0.25, 0.3) is 0 Å². The number of carbonyl (C=O) groups is 2. The Hall–Kier alpha value is -2.78. The van der Waals surface area contributed by atoms with Gasteiger partial charge in [-0.3, -0.25) is 4.89 Å². The number of hydrogen-bond donors (Lipinski definition) is 3. The zero-order chi connectivity index (χ0) is 22.0. The van der Waals surface area contributed by atoms with E-state index >= 15 is 0 Å². The van der Waals surface area contributed by atoms with Gasteiger partial charge in [0.25, 0.3) is 0 Å². The summed E-state index contributed by atoms with van der Waals surface area (Å²) in [5.74, 6) is -0.799. The number of rotatable bonds is 5. The highest BCUT2D eigenvalue weighted by molar-refractivity contribution is 5.89. The van der Waals surface area contributed by atoms with E-state index in [0.717, 1.165) is 12.8 Å². The maximum atomic E-state index is 11.7. The molecule has 0 amide bonds. The largest absolute Gasteiger partial charge is 0.459 e. The molecule has 3 N–H and O–H groups in total. The van der Waals surface area contributed by atoms with E-state index in [1.54, 1.807) is 42.5 Å². The van der Waals surface area contributed by atoms with Crippen molar-refractivity contribution < 1.29 is 39.4 Å². The third-order valence-electron chi connectivity index (χ3n) is 4.03. The van der Waals surface area contributed by atoms with Gasteiger partial charge in [-0.25, -0.2) is 9.59 Å². The molecule has 0 radical (unpaired) electrons. The Morgan fingerprint density at radius 1 is 0.767 bits per heavy atom. The van der Waals surface area contributed by atoms with E-state index in [4.69, 9.17) is 20.1 Å². The van der Waals surface area contributed by atoms with Crippen LogP contribution < -0.4 is 0 Å². The standard InChI is InChI=1S/C13H16O2.C8H8O4.CH4O2/c14-13(11-7-3-1-4-8-11)15-12-9-5-2-6-10-12;9-6-11-12-8(10)7-4-2-1-3-5-7;2-1-3/h1,3-4,7-8,12H,2,5-6,9-10H2;1-5,9H,6H2;2-3H,1H2. The summed E-state index contributed by atoms with van der Waals surface area (Å²) < 4.78 is 5.44. The molecule has 0 aliphatic heterocycles. The number of benzene rings is 2. The van der Waals surface area contributed by atoms with E-state index in [1.165, 1.54) is 19.3 Å². The van der Waals surface area contributed by atoms with Gasteiger partial charge in [0, 0.05) is 0 Å². The molecule has 1 fully saturated rings. The van der Waals surface area contributed by atoms with Crippen molar-refractivity contribution >= 4 is 11.9 Å². The molecular weight excluding hydrogens is 392 g/mol. The van der Waals surface area contributed by atoms with Gasteiger partial charge in [-0.2, -0.15) is 4.89 Å². The molecule has 0 unspecified atom stereocenters. The van der Waals surface area contributed by atoms with Crippen LogP contribution in [0.2, 0.25) is 0 Å². The van der Waals surface area contributed by atoms with Crippen LogP contribution >= 0.6 is 0 Å². The smallest absolute Gasteiger partial charge is 0.373 e. The molecule has 1 aliphatic rings. The lowest BCUT2D eigenvalue weighted by Gasteiger charge is -2.21. The number of aliphatic hydroxyl groups is 3. The molecular formula is C22H28O8. The SMILES string of the molecule is O=C(OC1CCCCC1)c1ccccc1.O=C(OOCO)c1ccccc1.OCO. The average Bonchev–Trinajstić information content (AvgIpc) is 2.80. The zero-order valence-corrected chi connectivity index (χ0v) is 16.7. The molecule has 8 heteroatoms. The molecule has 164 valence electrons. The lowest BCUT2D eigenvalue weighted by molar-refractivity contribution is -0.280. The van der Waals surface area contributed by atoms with Crippen LogP contribution in [0.5, 0.6) is 0 Å². The predicted octanol–water partition coefficient (Wildman–Crippen LogP) is 2.83. The van der Waals surface area contributed by atoms with E-state index in [1.807, 2.05) is 18.2 Å². The Bertz CT molecular complexity index is 700. The van der Waals surface area contributed by atoms with E-state index in [0.29, 0.717) is 11.1 Å². The first kappa shape index (κ1) is 25.3. The Morgan fingerprint density at radius 2 is 1.23 bits per heavy atom. The second-order valence-corrected chi connectivity index (χ2v) is 6.16. The van der Waals surface area contributed by atoms with E-state index in [2.05, 4.69) is 9.78 Å². The van der Waals surface area contributed by atoms with Gasteiger partial charge in [0.05, 0.1) is 11.1 Å². The molecule has 2 aromatic rings. The fourth-order valence-corrected chi connectivity index (χ4v) is 2.68. The first-order chi connectivity index (χ1) is 14.6. The zero-order valence-electron chi connectivity index (χ0n) is 16.7. The molecule has 0 atom stereocenters. The van der Waals surface area contributed by atoms with Crippen LogP contribution in [0.1, 0.15) is 52.8 Å². The summed E-state index contributed by atoms with van der Waals surface area (Å²) in [7, 11) is 0.